The third-order valence-electron chi connectivity index (χ3n) is 5.02. The van der Waals surface area contributed by atoms with Gasteiger partial charge < -0.3 is 9.47 Å². The standard InChI is InChI=1S/C26H21NO4/c1-30-23-13-11-18(12-14-23)15-21-17-24(19-7-4-3-5-8-19)27(25(21)28)22-10-6-9-20(16-22)26(29)31-2/h3-17H,1-2H3. The maximum atomic E-state index is 13.4. The number of carbonyl (C=O) groups excluding carboxylic acids is 2. The van der Waals surface area contributed by atoms with Crippen LogP contribution in [0.5, 0.6) is 5.75 Å². The molecule has 0 unspecified atom stereocenters. The van der Waals surface area contributed by atoms with Crippen molar-refractivity contribution >= 4 is 29.3 Å². The van der Waals surface area contributed by atoms with Gasteiger partial charge in [-0.1, -0.05) is 48.5 Å². The lowest BCUT2D eigenvalue weighted by Gasteiger charge is -2.21. The molecule has 0 aromatic heterocycles. The first-order valence-electron chi connectivity index (χ1n) is 9.76. The maximum absolute atomic E-state index is 13.4. The smallest absolute Gasteiger partial charge is 0.337 e. The van der Waals surface area contributed by atoms with Gasteiger partial charge in [0.05, 0.1) is 31.2 Å². The molecule has 1 aliphatic heterocycles. The zero-order chi connectivity index (χ0) is 21.8. The van der Waals surface area contributed by atoms with Crippen molar-refractivity contribution in [3.05, 3.63) is 107 Å². The lowest BCUT2D eigenvalue weighted by molar-refractivity contribution is -0.113. The summed E-state index contributed by atoms with van der Waals surface area (Å²) < 4.78 is 10.0. The number of ether oxygens (including phenoxy) is 2. The van der Waals surface area contributed by atoms with E-state index in [2.05, 4.69) is 0 Å². The molecule has 0 bridgehead atoms. The van der Waals surface area contributed by atoms with Crippen molar-refractivity contribution in [2.45, 2.75) is 0 Å². The molecule has 3 aromatic rings. The van der Waals surface area contributed by atoms with E-state index in [0.29, 0.717) is 16.8 Å². The highest BCUT2D eigenvalue weighted by atomic mass is 16.5. The Morgan fingerprint density at radius 2 is 1.65 bits per heavy atom. The molecule has 0 saturated heterocycles. The van der Waals surface area contributed by atoms with Gasteiger partial charge in [0, 0.05) is 5.57 Å². The molecular formula is C26H21NO4. The van der Waals surface area contributed by atoms with Gasteiger partial charge in [0.25, 0.3) is 5.91 Å². The van der Waals surface area contributed by atoms with Crippen LogP contribution in [0.3, 0.4) is 0 Å². The largest absolute Gasteiger partial charge is 0.497 e. The average Bonchev–Trinajstić information content (AvgIpc) is 3.15. The number of hydrogen-bond acceptors (Lipinski definition) is 4. The predicted octanol–water partition coefficient (Wildman–Crippen LogP) is 4.95. The summed E-state index contributed by atoms with van der Waals surface area (Å²) >= 11 is 0. The minimum atomic E-state index is -0.451. The molecular weight excluding hydrogens is 390 g/mol. The van der Waals surface area contributed by atoms with E-state index in [1.165, 1.54) is 7.11 Å². The third kappa shape index (κ3) is 4.12. The number of anilines is 1. The van der Waals surface area contributed by atoms with E-state index in [1.54, 1.807) is 36.3 Å². The van der Waals surface area contributed by atoms with Crippen molar-refractivity contribution in [1.29, 1.82) is 0 Å². The van der Waals surface area contributed by atoms with Gasteiger partial charge in [0.15, 0.2) is 0 Å². The van der Waals surface area contributed by atoms with Gasteiger partial charge in [-0.25, -0.2) is 4.79 Å². The zero-order valence-electron chi connectivity index (χ0n) is 17.2. The molecule has 0 N–H and O–H groups in total. The maximum Gasteiger partial charge on any atom is 0.337 e. The first-order chi connectivity index (χ1) is 15.1. The van der Waals surface area contributed by atoms with Gasteiger partial charge in [-0.15, -0.1) is 0 Å². The zero-order valence-corrected chi connectivity index (χ0v) is 17.2. The van der Waals surface area contributed by atoms with Crippen molar-refractivity contribution in [1.82, 2.24) is 0 Å². The van der Waals surface area contributed by atoms with E-state index in [0.717, 1.165) is 22.6 Å². The van der Waals surface area contributed by atoms with Crippen LogP contribution in [0.25, 0.3) is 11.8 Å². The predicted molar refractivity (Wildman–Crippen MR) is 121 cm³/mol. The Morgan fingerprint density at radius 3 is 2.32 bits per heavy atom. The summed E-state index contributed by atoms with van der Waals surface area (Å²) in [6.45, 7) is 0. The Labute approximate surface area is 180 Å². The number of rotatable bonds is 5. The highest BCUT2D eigenvalue weighted by Gasteiger charge is 2.30. The molecule has 5 heteroatoms. The number of methoxy groups -OCH3 is 2. The van der Waals surface area contributed by atoms with Crippen molar-refractivity contribution in [3.8, 4) is 5.75 Å². The Bertz CT molecular complexity index is 1180. The molecule has 0 spiro atoms. The first-order valence-corrected chi connectivity index (χ1v) is 9.76. The van der Waals surface area contributed by atoms with Crippen LogP contribution >= 0.6 is 0 Å². The van der Waals surface area contributed by atoms with E-state index in [9.17, 15) is 9.59 Å². The minimum Gasteiger partial charge on any atom is -0.497 e. The summed E-state index contributed by atoms with van der Waals surface area (Å²) in [6.07, 6.45) is 3.71. The summed E-state index contributed by atoms with van der Waals surface area (Å²) in [5, 5.41) is 0. The van der Waals surface area contributed by atoms with Gasteiger partial charge >= 0.3 is 5.97 Å². The fourth-order valence-corrected chi connectivity index (χ4v) is 3.46. The summed E-state index contributed by atoms with van der Waals surface area (Å²) in [5.74, 6) is 0.131. The lowest BCUT2D eigenvalue weighted by Crippen LogP contribution is -2.25. The topological polar surface area (TPSA) is 55.8 Å². The Balaban J connectivity index is 1.79. The molecule has 1 heterocycles. The lowest BCUT2D eigenvalue weighted by atomic mass is 10.1. The van der Waals surface area contributed by atoms with Gasteiger partial charge in [0.2, 0.25) is 0 Å². The van der Waals surface area contributed by atoms with E-state index >= 15 is 0 Å². The molecule has 154 valence electrons. The second-order valence-electron chi connectivity index (χ2n) is 6.95. The van der Waals surface area contributed by atoms with Crippen LogP contribution in [0, 0.1) is 0 Å². The molecule has 5 nitrogen and oxygen atoms in total. The second-order valence-corrected chi connectivity index (χ2v) is 6.95. The quantitative estimate of drug-likeness (QED) is 0.440. The van der Waals surface area contributed by atoms with Gasteiger partial charge in [-0.2, -0.15) is 0 Å². The highest BCUT2D eigenvalue weighted by Crippen LogP contribution is 2.35. The van der Waals surface area contributed by atoms with Crippen molar-refractivity contribution in [2.24, 2.45) is 0 Å². The number of carbonyl (C=O) groups is 2. The molecule has 31 heavy (non-hydrogen) atoms. The summed E-state index contributed by atoms with van der Waals surface area (Å²) in [5.41, 5.74) is 4.06. The molecule has 3 aromatic carbocycles. The minimum absolute atomic E-state index is 0.170. The van der Waals surface area contributed by atoms with Gasteiger partial charge in [0.1, 0.15) is 5.75 Å². The number of nitrogens with zero attached hydrogens (tertiary/aromatic N) is 1. The van der Waals surface area contributed by atoms with E-state index in [4.69, 9.17) is 9.47 Å². The van der Waals surface area contributed by atoms with Crippen molar-refractivity contribution in [2.75, 3.05) is 19.1 Å². The van der Waals surface area contributed by atoms with Crippen LogP contribution in [0.2, 0.25) is 0 Å². The molecule has 0 saturated carbocycles. The molecule has 1 aliphatic rings. The van der Waals surface area contributed by atoms with Gasteiger partial charge in [-0.05, 0) is 53.6 Å². The summed E-state index contributed by atoms with van der Waals surface area (Å²) in [6, 6.07) is 24.1. The highest BCUT2D eigenvalue weighted by molar-refractivity contribution is 6.23. The molecule has 0 radical (unpaired) electrons. The van der Waals surface area contributed by atoms with Crippen LogP contribution in [-0.4, -0.2) is 26.1 Å². The number of amides is 1. The molecule has 0 aliphatic carbocycles. The summed E-state index contributed by atoms with van der Waals surface area (Å²) in [7, 11) is 2.95. The monoisotopic (exact) mass is 411 g/mol. The fraction of sp³-hybridized carbons (Fsp3) is 0.0769. The van der Waals surface area contributed by atoms with E-state index in [-0.39, 0.29) is 5.91 Å². The van der Waals surface area contributed by atoms with Crippen LogP contribution in [0.15, 0.2) is 90.5 Å². The van der Waals surface area contributed by atoms with Crippen LogP contribution in [-0.2, 0) is 9.53 Å². The van der Waals surface area contributed by atoms with Crippen LogP contribution in [0.4, 0.5) is 5.69 Å². The number of esters is 1. The Kier molecular flexibility index (Phi) is 5.67. The SMILES string of the molecule is COC(=O)c1cccc(N2C(=O)C(=Cc3ccc(OC)cc3)C=C2c2ccccc2)c1. The molecule has 0 atom stereocenters. The normalized spacial score (nSPS) is 14.5. The van der Waals surface area contributed by atoms with E-state index < -0.39 is 5.97 Å². The molecule has 0 fully saturated rings. The second kappa shape index (κ2) is 8.71. The van der Waals surface area contributed by atoms with E-state index in [1.807, 2.05) is 66.7 Å². The number of benzene rings is 3. The first kappa shape index (κ1) is 20.2. The van der Waals surface area contributed by atoms with Crippen molar-refractivity contribution in [3.63, 3.8) is 0 Å². The Hall–Kier alpha value is -4.12. The third-order valence-corrected chi connectivity index (χ3v) is 5.02. The fourth-order valence-electron chi connectivity index (χ4n) is 3.46. The molecule has 4 rings (SSSR count). The van der Waals surface area contributed by atoms with Gasteiger partial charge in [-0.3, -0.25) is 9.69 Å². The van der Waals surface area contributed by atoms with Crippen LogP contribution < -0.4 is 9.64 Å². The number of hydrogen-bond donors (Lipinski definition) is 0. The van der Waals surface area contributed by atoms with Crippen molar-refractivity contribution < 1.29 is 19.1 Å². The molecule has 1 amide bonds. The summed E-state index contributed by atoms with van der Waals surface area (Å²) in [4.78, 5) is 27.1. The Morgan fingerprint density at radius 1 is 0.903 bits per heavy atom. The average molecular weight is 411 g/mol. The van der Waals surface area contributed by atoms with Crippen LogP contribution in [0.1, 0.15) is 21.5 Å².